The van der Waals surface area contributed by atoms with Crippen LogP contribution in [-0.4, -0.2) is 10.1 Å². The number of hydrogen-bond donors (Lipinski definition) is 1. The van der Waals surface area contributed by atoms with Gasteiger partial charge < -0.3 is 5.11 Å². The van der Waals surface area contributed by atoms with Crippen molar-refractivity contribution in [1.82, 2.24) is 4.98 Å². The highest BCUT2D eigenvalue weighted by molar-refractivity contribution is 6.44. The van der Waals surface area contributed by atoms with E-state index in [1.165, 1.54) is 12.1 Å². The topological polar surface area (TPSA) is 33.1 Å². The van der Waals surface area contributed by atoms with E-state index in [1.807, 2.05) is 0 Å². The Balaban J connectivity index is 2.73. The van der Waals surface area contributed by atoms with E-state index in [0.29, 0.717) is 0 Å². The van der Waals surface area contributed by atoms with Crippen LogP contribution in [0.2, 0.25) is 15.1 Å². The van der Waals surface area contributed by atoms with E-state index < -0.39 is 18.3 Å². The molecule has 112 valence electrons. The number of pyridine rings is 1. The van der Waals surface area contributed by atoms with Gasteiger partial charge in [-0.05, 0) is 18.2 Å². The maximum Gasteiger partial charge on any atom is 0.416 e. The maximum atomic E-state index is 13.0. The minimum absolute atomic E-state index is 0.0871. The Morgan fingerprint density at radius 3 is 2.24 bits per heavy atom. The number of aliphatic hydroxyl groups excluding tert-OH is 1. The monoisotopic (exact) mass is 355 g/mol. The second kappa shape index (κ2) is 6.01. The summed E-state index contributed by atoms with van der Waals surface area (Å²) >= 11 is 17.6. The van der Waals surface area contributed by atoms with Crippen LogP contribution in [-0.2, 0) is 12.8 Å². The first kappa shape index (κ1) is 16.4. The number of aliphatic hydroxyl groups is 1. The first-order chi connectivity index (χ1) is 9.75. The van der Waals surface area contributed by atoms with Crippen molar-refractivity contribution in [3.05, 3.63) is 50.6 Å². The Morgan fingerprint density at radius 2 is 1.67 bits per heavy atom. The van der Waals surface area contributed by atoms with Crippen LogP contribution in [0.5, 0.6) is 0 Å². The molecule has 0 saturated heterocycles. The maximum absolute atomic E-state index is 13.0. The lowest BCUT2D eigenvalue weighted by Crippen LogP contribution is -2.11. The highest BCUT2D eigenvalue weighted by Gasteiger charge is 2.34. The predicted molar refractivity (Wildman–Crippen MR) is 75.6 cm³/mol. The van der Waals surface area contributed by atoms with E-state index in [-0.39, 0.29) is 31.9 Å². The summed E-state index contributed by atoms with van der Waals surface area (Å²) in [5.41, 5.74) is -1.26. The summed E-state index contributed by atoms with van der Waals surface area (Å²) < 4.78 is 38.9. The van der Waals surface area contributed by atoms with E-state index in [2.05, 4.69) is 4.98 Å². The Labute approximate surface area is 133 Å². The second-order valence-corrected chi connectivity index (χ2v) is 5.31. The zero-order chi connectivity index (χ0) is 15.8. The third-order valence-electron chi connectivity index (χ3n) is 2.78. The molecule has 2 aromatic rings. The average molecular weight is 357 g/mol. The number of alkyl halides is 3. The molecule has 1 aromatic carbocycles. The molecule has 0 bridgehead atoms. The lowest BCUT2D eigenvalue weighted by molar-refractivity contribution is -0.138. The third kappa shape index (κ3) is 3.26. The molecule has 8 heteroatoms. The molecule has 1 heterocycles. The molecular formula is C13H7Cl3F3NO. The van der Waals surface area contributed by atoms with Crippen molar-refractivity contribution < 1.29 is 18.3 Å². The largest absolute Gasteiger partial charge is 0.416 e. The van der Waals surface area contributed by atoms with Gasteiger partial charge in [0, 0.05) is 17.3 Å². The van der Waals surface area contributed by atoms with Crippen molar-refractivity contribution >= 4 is 34.8 Å². The summed E-state index contributed by atoms with van der Waals surface area (Å²) in [5, 5.41) is 9.68. The number of aromatic nitrogens is 1. The molecule has 21 heavy (non-hydrogen) atoms. The zero-order valence-corrected chi connectivity index (χ0v) is 12.4. The molecule has 0 spiro atoms. The molecular weight excluding hydrogens is 350 g/mol. The molecule has 0 atom stereocenters. The first-order valence-electron chi connectivity index (χ1n) is 5.56. The molecule has 0 fully saturated rings. The van der Waals surface area contributed by atoms with Crippen molar-refractivity contribution in [2.75, 3.05) is 0 Å². The van der Waals surface area contributed by atoms with E-state index in [9.17, 15) is 18.3 Å². The molecule has 1 N–H and O–H groups in total. The normalized spacial score (nSPS) is 11.8. The van der Waals surface area contributed by atoms with Crippen molar-refractivity contribution in [2.45, 2.75) is 12.8 Å². The van der Waals surface area contributed by atoms with Crippen molar-refractivity contribution in [3.8, 4) is 11.3 Å². The Kier molecular flexibility index (Phi) is 4.68. The van der Waals surface area contributed by atoms with Crippen LogP contribution in [0.1, 0.15) is 11.1 Å². The van der Waals surface area contributed by atoms with Crippen molar-refractivity contribution in [1.29, 1.82) is 0 Å². The van der Waals surface area contributed by atoms with Crippen molar-refractivity contribution in [3.63, 3.8) is 0 Å². The number of halogens is 6. The van der Waals surface area contributed by atoms with Gasteiger partial charge >= 0.3 is 6.18 Å². The van der Waals surface area contributed by atoms with Gasteiger partial charge in [-0.2, -0.15) is 13.2 Å². The first-order valence-corrected chi connectivity index (χ1v) is 6.70. The van der Waals surface area contributed by atoms with Gasteiger partial charge in [0.25, 0.3) is 0 Å². The fraction of sp³-hybridized carbons (Fsp3) is 0.154. The minimum Gasteiger partial charge on any atom is -0.392 e. The Morgan fingerprint density at radius 1 is 1.05 bits per heavy atom. The number of rotatable bonds is 2. The molecule has 0 aliphatic heterocycles. The molecule has 1 aromatic heterocycles. The van der Waals surface area contributed by atoms with Gasteiger partial charge in [-0.3, -0.25) is 4.98 Å². The predicted octanol–water partition coefficient (Wildman–Crippen LogP) is 5.22. The smallest absolute Gasteiger partial charge is 0.392 e. The molecule has 0 saturated carbocycles. The molecule has 0 aliphatic carbocycles. The minimum atomic E-state index is -4.61. The highest BCUT2D eigenvalue weighted by atomic mass is 35.5. The molecule has 0 aliphatic rings. The van der Waals surface area contributed by atoms with Crippen LogP contribution in [0, 0.1) is 0 Å². The number of benzene rings is 1. The summed E-state index contributed by atoms with van der Waals surface area (Å²) in [6.45, 7) is -0.839. The quantitative estimate of drug-likeness (QED) is 0.748. The molecule has 0 radical (unpaired) electrons. The van der Waals surface area contributed by atoms with Crippen LogP contribution in [0.25, 0.3) is 11.3 Å². The van der Waals surface area contributed by atoms with E-state index in [0.717, 1.165) is 12.3 Å². The van der Waals surface area contributed by atoms with Gasteiger partial charge in [0.1, 0.15) is 0 Å². The van der Waals surface area contributed by atoms with Crippen LogP contribution in [0.15, 0.2) is 24.4 Å². The lowest BCUT2D eigenvalue weighted by Gasteiger charge is -2.15. The summed E-state index contributed by atoms with van der Waals surface area (Å²) in [6, 6.07) is 3.41. The standard InChI is InChI=1S/C13H7Cl3F3NO/c14-9-4-11(16)10(15)3-6(9)12-7(5-21)8(1-2-20-12)13(17,18)19/h1-4,21H,5H2. The van der Waals surface area contributed by atoms with Crippen LogP contribution in [0.3, 0.4) is 0 Å². The number of nitrogens with zero attached hydrogens (tertiary/aromatic N) is 1. The molecule has 2 rings (SSSR count). The highest BCUT2D eigenvalue weighted by Crippen LogP contribution is 2.39. The van der Waals surface area contributed by atoms with Gasteiger partial charge in [0.2, 0.25) is 0 Å². The summed E-state index contributed by atoms with van der Waals surface area (Å²) in [5.74, 6) is 0. The fourth-order valence-corrected chi connectivity index (χ4v) is 2.49. The van der Waals surface area contributed by atoms with Crippen molar-refractivity contribution in [2.24, 2.45) is 0 Å². The fourth-order valence-electron chi connectivity index (χ4n) is 1.85. The van der Waals surface area contributed by atoms with E-state index in [1.54, 1.807) is 0 Å². The number of hydrogen-bond acceptors (Lipinski definition) is 2. The Bertz CT molecular complexity index is 689. The lowest BCUT2D eigenvalue weighted by atomic mass is 10.0. The summed E-state index contributed by atoms with van der Waals surface area (Å²) in [7, 11) is 0. The molecule has 2 nitrogen and oxygen atoms in total. The van der Waals surface area contributed by atoms with Gasteiger partial charge in [0.05, 0.1) is 32.9 Å². The van der Waals surface area contributed by atoms with Gasteiger partial charge in [-0.25, -0.2) is 0 Å². The summed E-state index contributed by atoms with van der Waals surface area (Å²) in [6.07, 6.45) is -3.62. The van der Waals surface area contributed by atoms with Crippen LogP contribution < -0.4 is 0 Å². The molecule has 0 amide bonds. The van der Waals surface area contributed by atoms with Gasteiger partial charge in [-0.1, -0.05) is 34.8 Å². The van der Waals surface area contributed by atoms with E-state index >= 15 is 0 Å². The third-order valence-corrected chi connectivity index (χ3v) is 3.82. The van der Waals surface area contributed by atoms with Gasteiger partial charge in [0.15, 0.2) is 0 Å². The SMILES string of the molecule is OCc1c(C(F)(F)F)ccnc1-c1cc(Cl)c(Cl)cc1Cl. The Hall–Kier alpha value is -1.01. The molecule has 0 unspecified atom stereocenters. The van der Waals surface area contributed by atoms with Crippen LogP contribution >= 0.6 is 34.8 Å². The average Bonchev–Trinajstić information content (AvgIpc) is 2.41. The second-order valence-electron chi connectivity index (χ2n) is 4.09. The van der Waals surface area contributed by atoms with Gasteiger partial charge in [-0.15, -0.1) is 0 Å². The van der Waals surface area contributed by atoms with Crippen LogP contribution in [0.4, 0.5) is 13.2 Å². The van der Waals surface area contributed by atoms with E-state index in [4.69, 9.17) is 34.8 Å². The summed E-state index contributed by atoms with van der Waals surface area (Å²) in [4.78, 5) is 3.88. The zero-order valence-electron chi connectivity index (χ0n) is 10.2.